The number of hydrogen-bond acceptors (Lipinski definition) is 4. The maximum absolute atomic E-state index is 12.5. The standard InChI is InChI=1S/C37H67ClO4/c1-3-5-7-9-11-13-15-17-18-20-22-24-26-28-30-32-37(40)42-35(33-38)34-41-36(39)31-29-27-25-23-21-19-16-14-12-10-8-6-4-2/h11,13,17-18,35H,3-10,12,14-16,19-34H2,1-2H3/b13-11-,18-17-/t35-/m0/s1/i33D2,34D2,35D. The van der Waals surface area contributed by atoms with Crippen LogP contribution in [0.5, 0.6) is 0 Å². The van der Waals surface area contributed by atoms with Crippen molar-refractivity contribution in [2.75, 3.05) is 12.4 Å². The summed E-state index contributed by atoms with van der Waals surface area (Å²) in [5.41, 5.74) is 0. The molecule has 0 saturated carbocycles. The highest BCUT2D eigenvalue weighted by Gasteiger charge is 2.16. The Hall–Kier alpha value is -1.29. The number of esters is 2. The zero-order valence-electron chi connectivity index (χ0n) is 32.2. The van der Waals surface area contributed by atoms with Gasteiger partial charge in [-0.2, -0.15) is 0 Å². The second kappa shape index (κ2) is 34.2. The molecule has 0 aromatic carbocycles. The van der Waals surface area contributed by atoms with E-state index in [0.29, 0.717) is 12.8 Å². The highest BCUT2D eigenvalue weighted by atomic mass is 35.5. The number of allylic oxidation sites excluding steroid dienone is 4. The molecule has 0 N–H and O–H groups in total. The largest absolute Gasteiger partial charge is 0.462 e. The van der Waals surface area contributed by atoms with E-state index in [1.807, 2.05) is 0 Å². The summed E-state index contributed by atoms with van der Waals surface area (Å²) in [6.45, 7) is 1.16. The number of halogens is 1. The third kappa shape index (κ3) is 31.6. The van der Waals surface area contributed by atoms with Gasteiger partial charge >= 0.3 is 11.9 Å². The Morgan fingerprint density at radius 3 is 1.52 bits per heavy atom. The summed E-state index contributed by atoms with van der Waals surface area (Å²) in [4.78, 5) is 24.9. The highest BCUT2D eigenvalue weighted by Crippen LogP contribution is 2.14. The minimum Gasteiger partial charge on any atom is -0.462 e. The SMILES string of the molecule is [2H]C([2H])(Cl)[C@]([2H])(OC(=O)CCCCCCC/C=C\C/C=C\CCCCC)C([2H])([2H])OC(=O)CCCCCCCCCCCCCCC. The Kier molecular flexibility index (Phi) is 26.2. The summed E-state index contributed by atoms with van der Waals surface area (Å²) in [5, 5.41) is 0. The molecule has 0 amide bonds. The number of rotatable bonds is 32. The molecule has 42 heavy (non-hydrogen) atoms. The summed E-state index contributed by atoms with van der Waals surface area (Å²) in [6, 6.07) is 0. The topological polar surface area (TPSA) is 52.6 Å². The zero-order valence-corrected chi connectivity index (χ0v) is 28.0. The van der Waals surface area contributed by atoms with Crippen molar-refractivity contribution < 1.29 is 25.9 Å². The molecule has 4 nitrogen and oxygen atoms in total. The van der Waals surface area contributed by atoms with Gasteiger partial charge < -0.3 is 9.47 Å². The van der Waals surface area contributed by atoms with Crippen LogP contribution in [0.3, 0.4) is 0 Å². The third-order valence-electron chi connectivity index (χ3n) is 7.38. The van der Waals surface area contributed by atoms with Crippen LogP contribution in [0.1, 0.15) is 188 Å². The van der Waals surface area contributed by atoms with E-state index in [2.05, 4.69) is 38.2 Å². The molecule has 0 spiro atoms. The number of carbonyl (C=O) groups is 2. The van der Waals surface area contributed by atoms with Gasteiger partial charge in [-0.1, -0.05) is 147 Å². The molecule has 0 heterocycles. The second-order valence-corrected chi connectivity index (χ2v) is 11.6. The summed E-state index contributed by atoms with van der Waals surface area (Å²) < 4.78 is 50.1. The number of hydrogen-bond donors (Lipinski definition) is 0. The van der Waals surface area contributed by atoms with Crippen LogP contribution in [-0.2, 0) is 19.1 Å². The lowest BCUT2D eigenvalue weighted by Gasteiger charge is -2.15. The average molecular weight is 616 g/mol. The summed E-state index contributed by atoms with van der Waals surface area (Å²) in [5.74, 6) is -5.01. The van der Waals surface area contributed by atoms with Gasteiger partial charge in [-0.05, 0) is 44.9 Å². The van der Waals surface area contributed by atoms with E-state index >= 15 is 0 Å². The molecule has 246 valence electrons. The molecule has 1 atom stereocenters. The van der Waals surface area contributed by atoms with Crippen molar-refractivity contribution in [2.45, 2.75) is 187 Å². The van der Waals surface area contributed by atoms with Crippen LogP contribution in [0, 0.1) is 0 Å². The summed E-state index contributed by atoms with van der Waals surface area (Å²) >= 11 is 5.71. The number of ether oxygens (including phenoxy) is 2. The highest BCUT2D eigenvalue weighted by molar-refractivity contribution is 6.18. The zero-order chi connectivity index (χ0) is 35.3. The molecule has 5 heteroatoms. The van der Waals surface area contributed by atoms with Crippen molar-refractivity contribution in [3.05, 3.63) is 24.3 Å². The Morgan fingerprint density at radius 1 is 0.619 bits per heavy atom. The van der Waals surface area contributed by atoms with E-state index in [0.717, 1.165) is 70.6 Å². The van der Waals surface area contributed by atoms with Crippen LogP contribution in [0.4, 0.5) is 0 Å². The predicted octanol–water partition coefficient (Wildman–Crippen LogP) is 12.0. The molecule has 0 bridgehead atoms. The minimum absolute atomic E-state index is 0.0709. The Bertz CT molecular complexity index is 847. The quantitative estimate of drug-likeness (QED) is 0.0327. The third-order valence-corrected chi connectivity index (χ3v) is 7.55. The maximum Gasteiger partial charge on any atom is 0.306 e. The van der Waals surface area contributed by atoms with Crippen molar-refractivity contribution in [3.8, 4) is 0 Å². The molecule has 0 aliphatic carbocycles. The molecule has 0 saturated heterocycles. The van der Waals surface area contributed by atoms with E-state index in [1.165, 1.54) is 70.6 Å². The lowest BCUT2D eigenvalue weighted by atomic mass is 10.0. The van der Waals surface area contributed by atoms with Crippen LogP contribution in [0.15, 0.2) is 24.3 Å². The smallest absolute Gasteiger partial charge is 0.306 e. The van der Waals surface area contributed by atoms with Crippen LogP contribution in [0.2, 0.25) is 0 Å². The van der Waals surface area contributed by atoms with E-state index in [1.54, 1.807) is 0 Å². The monoisotopic (exact) mass is 616 g/mol. The lowest BCUT2D eigenvalue weighted by molar-refractivity contribution is -0.157. The van der Waals surface area contributed by atoms with Crippen molar-refractivity contribution in [1.82, 2.24) is 0 Å². The van der Waals surface area contributed by atoms with E-state index in [4.69, 9.17) is 27.9 Å². The number of alkyl halides is 1. The first-order valence-electron chi connectivity index (χ1n) is 19.8. The number of carbonyl (C=O) groups excluding carboxylic acids is 2. The van der Waals surface area contributed by atoms with Gasteiger partial charge in [-0.25, -0.2) is 0 Å². The van der Waals surface area contributed by atoms with Crippen molar-refractivity contribution >= 4 is 23.5 Å². The fourth-order valence-corrected chi connectivity index (χ4v) is 4.82. The molecule has 0 aliphatic heterocycles. The molecular formula is C37H67ClO4. The molecular weight excluding hydrogens is 544 g/mol. The first kappa shape index (κ1) is 32.1. The molecule has 0 fully saturated rings. The van der Waals surface area contributed by atoms with E-state index in [9.17, 15) is 9.59 Å². The molecule has 0 radical (unpaired) electrons. The van der Waals surface area contributed by atoms with Crippen LogP contribution in [-0.4, -0.2) is 30.4 Å². The van der Waals surface area contributed by atoms with Crippen molar-refractivity contribution in [1.29, 1.82) is 0 Å². The Morgan fingerprint density at radius 2 is 1.02 bits per heavy atom. The van der Waals surface area contributed by atoms with Gasteiger partial charge in [-0.15, -0.1) is 11.6 Å². The van der Waals surface area contributed by atoms with Gasteiger partial charge in [-0.3, -0.25) is 9.59 Å². The summed E-state index contributed by atoms with van der Waals surface area (Å²) in [6.07, 6.45) is 31.3. The first-order valence-corrected chi connectivity index (χ1v) is 17.7. The van der Waals surface area contributed by atoms with Gasteiger partial charge in [0.05, 0.1) is 9.94 Å². The second-order valence-electron chi connectivity index (χ2n) is 11.4. The van der Waals surface area contributed by atoms with Gasteiger partial charge in [0.15, 0.2) is 0 Å². The number of unbranched alkanes of at least 4 members (excludes halogenated alkanes) is 20. The van der Waals surface area contributed by atoms with Crippen LogP contribution >= 0.6 is 11.6 Å². The molecule has 0 rings (SSSR count). The van der Waals surface area contributed by atoms with Gasteiger partial charge in [0.2, 0.25) is 0 Å². The van der Waals surface area contributed by atoms with Crippen LogP contribution < -0.4 is 0 Å². The lowest BCUT2D eigenvalue weighted by Crippen LogP contribution is -2.26. The van der Waals surface area contributed by atoms with Crippen molar-refractivity contribution in [2.24, 2.45) is 0 Å². The van der Waals surface area contributed by atoms with Gasteiger partial charge in [0.25, 0.3) is 0 Å². The molecule has 0 aromatic rings. The van der Waals surface area contributed by atoms with E-state index in [-0.39, 0.29) is 12.8 Å². The fraction of sp³-hybridized carbons (Fsp3) is 0.838. The minimum atomic E-state index is -3.28. The molecule has 0 aliphatic rings. The average Bonchev–Trinajstić information content (AvgIpc) is 3.00. The molecule has 0 aromatic heterocycles. The Labute approximate surface area is 272 Å². The fourth-order valence-electron chi connectivity index (χ4n) is 4.75. The van der Waals surface area contributed by atoms with Gasteiger partial charge in [0.1, 0.15) is 12.6 Å². The van der Waals surface area contributed by atoms with Crippen LogP contribution in [0.25, 0.3) is 0 Å². The van der Waals surface area contributed by atoms with Crippen molar-refractivity contribution in [3.63, 3.8) is 0 Å². The Balaban J connectivity index is 4.27. The van der Waals surface area contributed by atoms with Gasteiger partial charge in [0, 0.05) is 15.6 Å². The summed E-state index contributed by atoms with van der Waals surface area (Å²) in [7, 11) is 0. The predicted molar refractivity (Wildman–Crippen MR) is 181 cm³/mol. The van der Waals surface area contributed by atoms with E-state index < -0.39 is 30.4 Å². The maximum atomic E-state index is 12.5. The molecule has 0 unspecified atom stereocenters. The normalized spacial score (nSPS) is 15.5. The first-order chi connectivity index (χ1) is 22.4.